The maximum absolute atomic E-state index is 14.1. The van der Waals surface area contributed by atoms with Crippen molar-refractivity contribution in [2.75, 3.05) is 6.61 Å². The van der Waals surface area contributed by atoms with Crippen LogP contribution in [0.5, 0.6) is 5.75 Å². The molecule has 2 unspecified atom stereocenters. The molecule has 0 bridgehead atoms. The van der Waals surface area contributed by atoms with E-state index in [0.29, 0.717) is 25.4 Å². The maximum Gasteiger partial charge on any atom is 0.159 e. The van der Waals surface area contributed by atoms with Gasteiger partial charge in [-0.3, -0.25) is 0 Å². The zero-order valence-electron chi connectivity index (χ0n) is 23.3. The minimum Gasteiger partial charge on any atom is -0.493 e. The summed E-state index contributed by atoms with van der Waals surface area (Å²) in [5.41, 5.74) is 2.18. The van der Waals surface area contributed by atoms with Crippen molar-refractivity contribution in [3.63, 3.8) is 0 Å². The van der Waals surface area contributed by atoms with Crippen LogP contribution in [-0.4, -0.2) is 22.7 Å². The summed E-state index contributed by atoms with van der Waals surface area (Å²) in [4.78, 5) is 9.14. The van der Waals surface area contributed by atoms with Gasteiger partial charge in [-0.25, -0.2) is 14.4 Å². The van der Waals surface area contributed by atoms with E-state index in [0.717, 1.165) is 36.4 Å². The first-order valence-electron chi connectivity index (χ1n) is 14.8. The Bertz CT molecular complexity index is 778. The lowest BCUT2D eigenvalue weighted by Crippen LogP contribution is -2.08. The van der Waals surface area contributed by atoms with Crippen LogP contribution in [0, 0.1) is 5.92 Å². The van der Waals surface area contributed by atoms with Crippen molar-refractivity contribution < 1.29 is 9.13 Å². The summed E-state index contributed by atoms with van der Waals surface area (Å²) < 4.78 is 19.9. The van der Waals surface area contributed by atoms with Gasteiger partial charge in [0.05, 0.1) is 6.61 Å². The number of hydrogen-bond acceptors (Lipinski definition) is 3. The van der Waals surface area contributed by atoms with Crippen molar-refractivity contribution >= 4 is 0 Å². The zero-order valence-corrected chi connectivity index (χ0v) is 23.3. The van der Waals surface area contributed by atoms with Crippen molar-refractivity contribution in [1.82, 2.24) is 9.97 Å². The minimum absolute atomic E-state index is 0.412. The summed E-state index contributed by atoms with van der Waals surface area (Å²) in [5.74, 6) is 2.21. The first-order chi connectivity index (χ1) is 17.6. The van der Waals surface area contributed by atoms with Gasteiger partial charge in [0, 0.05) is 24.4 Å². The Kier molecular flexibility index (Phi) is 16.1. The van der Waals surface area contributed by atoms with Crippen LogP contribution in [-0.2, 0) is 6.42 Å². The van der Waals surface area contributed by atoms with Gasteiger partial charge in [0.2, 0.25) is 0 Å². The number of nitrogens with zero attached hydrogens (tertiary/aromatic N) is 2. The van der Waals surface area contributed by atoms with Crippen LogP contribution in [0.15, 0.2) is 36.7 Å². The predicted octanol–water partition coefficient (Wildman–Crippen LogP) is 9.93. The number of hydrogen-bond donors (Lipinski definition) is 0. The van der Waals surface area contributed by atoms with Crippen LogP contribution in [0.4, 0.5) is 4.39 Å². The van der Waals surface area contributed by atoms with Crippen LogP contribution in [0.25, 0.3) is 11.4 Å². The van der Waals surface area contributed by atoms with E-state index in [4.69, 9.17) is 4.74 Å². The Morgan fingerprint density at radius 1 is 0.722 bits per heavy atom. The lowest BCUT2D eigenvalue weighted by atomic mass is 9.98. The summed E-state index contributed by atoms with van der Waals surface area (Å²) in [6, 6.07) is 7.81. The van der Waals surface area contributed by atoms with Gasteiger partial charge in [-0.2, -0.15) is 0 Å². The van der Waals surface area contributed by atoms with Crippen LogP contribution in [0.2, 0.25) is 0 Å². The van der Waals surface area contributed by atoms with Crippen LogP contribution in [0.1, 0.15) is 123 Å². The van der Waals surface area contributed by atoms with Gasteiger partial charge in [0.15, 0.2) is 5.82 Å². The molecule has 0 fully saturated rings. The molecule has 1 aromatic carbocycles. The topological polar surface area (TPSA) is 35.0 Å². The van der Waals surface area contributed by atoms with Crippen molar-refractivity contribution in [3.8, 4) is 17.1 Å². The Morgan fingerprint density at radius 2 is 1.36 bits per heavy atom. The highest BCUT2D eigenvalue weighted by molar-refractivity contribution is 5.55. The molecule has 0 N–H and O–H groups in total. The van der Waals surface area contributed by atoms with E-state index in [2.05, 4.69) is 30.7 Å². The Hall–Kier alpha value is -1.97. The fourth-order valence-electron chi connectivity index (χ4n) is 4.75. The first-order valence-corrected chi connectivity index (χ1v) is 14.8. The molecule has 1 heterocycles. The van der Waals surface area contributed by atoms with E-state index in [1.54, 1.807) is 0 Å². The van der Waals surface area contributed by atoms with Gasteiger partial charge >= 0.3 is 0 Å². The average Bonchev–Trinajstić information content (AvgIpc) is 2.89. The lowest BCUT2D eigenvalue weighted by molar-refractivity contribution is 0.220. The van der Waals surface area contributed by atoms with Crippen molar-refractivity contribution in [3.05, 3.63) is 42.2 Å². The molecule has 0 aliphatic heterocycles. The molecule has 36 heavy (non-hydrogen) atoms. The van der Waals surface area contributed by atoms with Crippen molar-refractivity contribution in [2.45, 2.75) is 130 Å². The van der Waals surface area contributed by atoms with Gasteiger partial charge < -0.3 is 4.74 Å². The van der Waals surface area contributed by atoms with Crippen LogP contribution < -0.4 is 4.74 Å². The number of aromatic nitrogens is 2. The molecule has 3 nitrogen and oxygen atoms in total. The largest absolute Gasteiger partial charge is 0.493 e. The Morgan fingerprint density at radius 3 is 2.00 bits per heavy atom. The van der Waals surface area contributed by atoms with E-state index in [-0.39, 0.29) is 0 Å². The summed E-state index contributed by atoms with van der Waals surface area (Å²) in [5, 5.41) is 0. The van der Waals surface area contributed by atoms with E-state index in [1.165, 1.54) is 76.2 Å². The number of benzene rings is 1. The highest BCUT2D eigenvalue weighted by Gasteiger charge is 2.09. The molecule has 0 radical (unpaired) electrons. The highest BCUT2D eigenvalue weighted by Crippen LogP contribution is 2.21. The maximum atomic E-state index is 14.1. The number of halogens is 1. The fourth-order valence-corrected chi connectivity index (χ4v) is 4.75. The number of alkyl halides is 1. The highest BCUT2D eigenvalue weighted by atomic mass is 19.1. The van der Waals surface area contributed by atoms with E-state index in [9.17, 15) is 4.39 Å². The van der Waals surface area contributed by atoms with E-state index < -0.39 is 6.17 Å². The molecule has 2 rings (SSSR count). The second kappa shape index (κ2) is 19.2. The molecule has 0 saturated carbocycles. The third kappa shape index (κ3) is 13.4. The molecular formula is C32H51FN2O. The third-order valence-corrected chi connectivity index (χ3v) is 7.08. The molecule has 0 aliphatic carbocycles. The second-order valence-electron chi connectivity index (χ2n) is 10.6. The molecule has 2 aromatic rings. The number of rotatable bonds is 21. The van der Waals surface area contributed by atoms with E-state index >= 15 is 0 Å². The molecule has 0 aliphatic rings. The van der Waals surface area contributed by atoms with Crippen LogP contribution in [0.3, 0.4) is 0 Å². The summed E-state index contributed by atoms with van der Waals surface area (Å²) in [7, 11) is 0. The van der Waals surface area contributed by atoms with E-state index in [1.807, 2.05) is 36.7 Å². The van der Waals surface area contributed by atoms with Crippen molar-refractivity contribution in [1.29, 1.82) is 0 Å². The third-order valence-electron chi connectivity index (χ3n) is 7.08. The molecule has 0 saturated heterocycles. The first kappa shape index (κ1) is 30.3. The smallest absolute Gasteiger partial charge is 0.159 e. The van der Waals surface area contributed by atoms with Crippen molar-refractivity contribution in [2.24, 2.45) is 5.92 Å². The summed E-state index contributed by atoms with van der Waals surface area (Å²) in [6.45, 7) is 7.16. The van der Waals surface area contributed by atoms with Gasteiger partial charge in [-0.05, 0) is 55.0 Å². The number of unbranched alkanes of at least 4 members (excludes halogenated alkanes) is 8. The predicted molar refractivity (Wildman–Crippen MR) is 151 cm³/mol. The standard InChI is InChI=1S/C32H51FN2O/c1-4-6-7-8-9-10-11-12-13-17-28-25-34-32(35-26-28)29-19-21-31(22-20-29)36-24-23-30(33)18-14-16-27(3)15-5-2/h19-22,25-27,30H,4-18,23-24H2,1-3H3. The molecule has 4 heteroatoms. The zero-order chi connectivity index (χ0) is 25.8. The Balaban J connectivity index is 1.61. The molecular weight excluding hydrogens is 447 g/mol. The normalized spacial score (nSPS) is 13.0. The summed E-state index contributed by atoms with van der Waals surface area (Å²) >= 11 is 0. The van der Waals surface area contributed by atoms with Gasteiger partial charge in [0.1, 0.15) is 11.9 Å². The van der Waals surface area contributed by atoms with Crippen LogP contribution >= 0.6 is 0 Å². The monoisotopic (exact) mass is 498 g/mol. The average molecular weight is 499 g/mol. The quantitative estimate of drug-likeness (QED) is 0.161. The van der Waals surface area contributed by atoms with Gasteiger partial charge in [-0.15, -0.1) is 0 Å². The molecule has 2 atom stereocenters. The second-order valence-corrected chi connectivity index (χ2v) is 10.6. The Labute approximate surface area is 220 Å². The number of aryl methyl sites for hydroxylation is 1. The summed E-state index contributed by atoms with van der Waals surface area (Å²) in [6.07, 6.45) is 21.9. The molecule has 0 spiro atoms. The molecule has 1 aromatic heterocycles. The number of ether oxygens (including phenoxy) is 1. The van der Waals surface area contributed by atoms with Gasteiger partial charge in [-0.1, -0.05) is 97.8 Å². The molecule has 202 valence electrons. The fraction of sp³-hybridized carbons (Fsp3) is 0.688. The van der Waals surface area contributed by atoms with Gasteiger partial charge in [0.25, 0.3) is 0 Å². The lowest BCUT2D eigenvalue weighted by Gasteiger charge is -2.12. The minimum atomic E-state index is -0.777. The SMILES string of the molecule is CCCCCCCCCCCc1cnc(-c2ccc(OCCC(F)CCCC(C)CCC)cc2)nc1. The molecule has 0 amide bonds.